The molecule has 4 aromatic rings. The van der Waals surface area contributed by atoms with E-state index >= 15 is 0 Å². The lowest BCUT2D eigenvalue weighted by Crippen LogP contribution is -2.19. The monoisotopic (exact) mass is 420 g/mol. The molecule has 1 aliphatic rings. The minimum atomic E-state index is -4.44. The van der Waals surface area contributed by atoms with Crippen molar-refractivity contribution >= 4 is 16.7 Å². The molecule has 0 spiro atoms. The Kier molecular flexibility index (Phi) is 4.43. The van der Waals surface area contributed by atoms with E-state index in [4.69, 9.17) is 9.15 Å². The van der Waals surface area contributed by atoms with Crippen molar-refractivity contribution in [1.82, 2.24) is 0 Å². The zero-order chi connectivity index (χ0) is 21.6. The summed E-state index contributed by atoms with van der Waals surface area (Å²) in [5, 5.41) is 0.621. The highest BCUT2D eigenvalue weighted by molar-refractivity contribution is 5.87. The number of hydrogen-bond donors (Lipinski definition) is 0. The van der Waals surface area contributed by atoms with Crippen LogP contribution in [0.4, 0.5) is 13.2 Å². The van der Waals surface area contributed by atoms with Gasteiger partial charge in [-0.3, -0.25) is 0 Å². The lowest BCUT2D eigenvalue weighted by Gasteiger charge is -2.25. The molecule has 0 fully saturated rings. The van der Waals surface area contributed by atoms with E-state index in [1.54, 1.807) is 30.3 Å². The number of halogens is 3. The smallest absolute Gasteiger partial charge is 0.416 e. The molecule has 3 nitrogen and oxygen atoms in total. The van der Waals surface area contributed by atoms with Crippen molar-refractivity contribution in [1.29, 1.82) is 0 Å². The molecule has 1 aromatic heterocycles. The molecule has 31 heavy (non-hydrogen) atoms. The SMILES string of the molecule is O=c1oc2ccccc2c2c1C(c1ccc(C(F)(F)F)cc1)C=C(c1ccccc1)O2. The van der Waals surface area contributed by atoms with Crippen LogP contribution >= 0.6 is 0 Å². The van der Waals surface area contributed by atoms with Gasteiger partial charge in [-0.15, -0.1) is 0 Å². The molecule has 154 valence electrons. The first-order chi connectivity index (χ1) is 14.9. The molecule has 0 saturated heterocycles. The molecule has 1 atom stereocenters. The number of allylic oxidation sites excluding steroid dienone is 1. The Balaban J connectivity index is 1.73. The Bertz CT molecular complexity index is 1350. The van der Waals surface area contributed by atoms with E-state index in [-0.39, 0.29) is 5.56 Å². The summed E-state index contributed by atoms with van der Waals surface area (Å²) < 4.78 is 50.7. The predicted molar refractivity (Wildman–Crippen MR) is 111 cm³/mol. The second kappa shape index (κ2) is 7.16. The van der Waals surface area contributed by atoms with Crippen LogP contribution in [0.1, 0.15) is 28.2 Å². The van der Waals surface area contributed by atoms with Gasteiger partial charge < -0.3 is 9.15 Å². The van der Waals surface area contributed by atoms with E-state index in [0.29, 0.717) is 28.0 Å². The number of rotatable bonds is 2. The Morgan fingerprint density at radius 2 is 1.48 bits per heavy atom. The third kappa shape index (κ3) is 3.40. The molecule has 0 amide bonds. The lowest BCUT2D eigenvalue weighted by molar-refractivity contribution is -0.137. The van der Waals surface area contributed by atoms with E-state index in [9.17, 15) is 18.0 Å². The second-order valence-electron chi connectivity index (χ2n) is 7.22. The van der Waals surface area contributed by atoms with E-state index in [1.807, 2.05) is 30.3 Å². The molecule has 6 heteroatoms. The summed E-state index contributed by atoms with van der Waals surface area (Å²) in [6, 6.07) is 21.2. The molecule has 0 radical (unpaired) electrons. The first-order valence-corrected chi connectivity index (χ1v) is 9.60. The van der Waals surface area contributed by atoms with Gasteiger partial charge in [-0.25, -0.2) is 4.79 Å². The van der Waals surface area contributed by atoms with Gasteiger partial charge in [0.1, 0.15) is 17.1 Å². The van der Waals surface area contributed by atoms with Gasteiger partial charge >= 0.3 is 11.8 Å². The molecule has 5 rings (SSSR count). The number of hydrogen-bond acceptors (Lipinski definition) is 3. The summed E-state index contributed by atoms with van der Waals surface area (Å²) >= 11 is 0. The van der Waals surface area contributed by atoms with Gasteiger partial charge in [0.05, 0.1) is 16.5 Å². The third-order valence-corrected chi connectivity index (χ3v) is 5.30. The fraction of sp³-hybridized carbons (Fsp3) is 0.0800. The molecule has 0 aliphatic carbocycles. The summed E-state index contributed by atoms with van der Waals surface area (Å²) in [5.41, 5.74) is 0.643. The maximum absolute atomic E-state index is 13.0. The molecule has 0 N–H and O–H groups in total. The van der Waals surface area contributed by atoms with Crippen LogP contribution < -0.4 is 10.4 Å². The molecule has 1 unspecified atom stereocenters. The van der Waals surface area contributed by atoms with Crippen molar-refractivity contribution in [3.05, 3.63) is 118 Å². The number of fused-ring (bicyclic) bond motifs is 3. The van der Waals surface area contributed by atoms with Crippen LogP contribution in [0.5, 0.6) is 5.75 Å². The molecule has 0 saturated carbocycles. The quantitative estimate of drug-likeness (QED) is 0.354. The van der Waals surface area contributed by atoms with Gasteiger partial charge in [-0.1, -0.05) is 54.6 Å². The minimum Gasteiger partial charge on any atom is -0.456 e. The van der Waals surface area contributed by atoms with Crippen LogP contribution in [-0.4, -0.2) is 0 Å². The van der Waals surface area contributed by atoms with Crippen molar-refractivity contribution in [2.24, 2.45) is 0 Å². The number of para-hydroxylation sites is 1. The summed E-state index contributed by atoms with van der Waals surface area (Å²) in [6.07, 6.45) is -2.70. The third-order valence-electron chi connectivity index (χ3n) is 5.30. The summed E-state index contributed by atoms with van der Waals surface area (Å²) in [7, 11) is 0. The van der Waals surface area contributed by atoms with Gasteiger partial charge in [-0.05, 0) is 35.9 Å². The van der Waals surface area contributed by atoms with E-state index in [1.165, 1.54) is 12.1 Å². The second-order valence-corrected chi connectivity index (χ2v) is 7.22. The van der Waals surface area contributed by atoms with Gasteiger partial charge in [-0.2, -0.15) is 13.2 Å². The van der Waals surface area contributed by atoms with Gasteiger partial charge in [0.15, 0.2) is 0 Å². The van der Waals surface area contributed by atoms with Crippen LogP contribution in [0.15, 0.2) is 94.2 Å². The zero-order valence-electron chi connectivity index (χ0n) is 16.0. The molecule has 2 heterocycles. The lowest BCUT2D eigenvalue weighted by atomic mass is 9.87. The highest BCUT2D eigenvalue weighted by Gasteiger charge is 2.33. The highest BCUT2D eigenvalue weighted by Crippen LogP contribution is 2.43. The van der Waals surface area contributed by atoms with Crippen molar-refractivity contribution in [2.45, 2.75) is 12.1 Å². The van der Waals surface area contributed by atoms with Gasteiger partial charge in [0, 0.05) is 11.5 Å². The van der Waals surface area contributed by atoms with Gasteiger partial charge in [0.2, 0.25) is 0 Å². The first-order valence-electron chi connectivity index (χ1n) is 9.60. The number of alkyl halides is 3. The Labute approximate surface area is 175 Å². The normalized spacial score (nSPS) is 15.8. The Hall–Kier alpha value is -3.80. The molecule has 3 aromatic carbocycles. The Morgan fingerprint density at radius 3 is 2.19 bits per heavy atom. The number of benzene rings is 3. The van der Waals surface area contributed by atoms with Crippen molar-refractivity contribution in [3.63, 3.8) is 0 Å². The molecular formula is C25H15F3O3. The fourth-order valence-electron chi connectivity index (χ4n) is 3.79. The minimum absolute atomic E-state index is 0.262. The maximum atomic E-state index is 13.0. The standard InChI is InChI=1S/C25H15F3O3/c26-25(27,28)17-12-10-15(11-13-17)19-14-21(16-6-2-1-3-7-16)30-23-18-8-4-5-9-20(18)31-24(29)22(19)23/h1-14,19H. The van der Waals surface area contributed by atoms with Crippen molar-refractivity contribution in [3.8, 4) is 5.75 Å². The van der Waals surface area contributed by atoms with Gasteiger partial charge in [0.25, 0.3) is 0 Å². The summed E-state index contributed by atoms with van der Waals surface area (Å²) in [5.74, 6) is 0.258. The summed E-state index contributed by atoms with van der Waals surface area (Å²) in [4.78, 5) is 12.9. The largest absolute Gasteiger partial charge is 0.456 e. The van der Waals surface area contributed by atoms with Crippen LogP contribution in [0.25, 0.3) is 16.7 Å². The molecule has 0 bridgehead atoms. The average Bonchev–Trinajstić information content (AvgIpc) is 2.78. The van der Waals surface area contributed by atoms with Crippen molar-refractivity contribution in [2.75, 3.05) is 0 Å². The Morgan fingerprint density at radius 1 is 0.806 bits per heavy atom. The van der Waals surface area contributed by atoms with Crippen LogP contribution in [0.2, 0.25) is 0 Å². The van der Waals surface area contributed by atoms with Crippen molar-refractivity contribution < 1.29 is 22.3 Å². The maximum Gasteiger partial charge on any atom is 0.416 e. The van der Waals surface area contributed by atoms with E-state index < -0.39 is 23.3 Å². The highest BCUT2D eigenvalue weighted by atomic mass is 19.4. The van der Waals surface area contributed by atoms with Crippen LogP contribution in [-0.2, 0) is 6.18 Å². The predicted octanol–water partition coefficient (Wildman–Crippen LogP) is 6.38. The number of ether oxygens (including phenoxy) is 1. The van der Waals surface area contributed by atoms with Crippen LogP contribution in [0, 0.1) is 0 Å². The zero-order valence-corrected chi connectivity index (χ0v) is 16.0. The average molecular weight is 420 g/mol. The fourth-order valence-corrected chi connectivity index (χ4v) is 3.79. The van der Waals surface area contributed by atoms with E-state index in [2.05, 4.69) is 0 Å². The summed E-state index contributed by atoms with van der Waals surface area (Å²) in [6.45, 7) is 0. The molecule has 1 aliphatic heterocycles. The van der Waals surface area contributed by atoms with E-state index in [0.717, 1.165) is 17.7 Å². The molecular weight excluding hydrogens is 405 g/mol. The first kappa shape index (κ1) is 19.2. The van der Waals surface area contributed by atoms with Crippen LogP contribution in [0.3, 0.4) is 0 Å². The topological polar surface area (TPSA) is 39.4 Å².